The van der Waals surface area contributed by atoms with Gasteiger partial charge in [-0.2, -0.15) is 0 Å². The Kier molecular flexibility index (Phi) is 8.68. The maximum absolute atomic E-state index is 15.5. The maximum atomic E-state index is 15.5. The minimum Gasteiger partial charge on any atom is -0.467 e. The van der Waals surface area contributed by atoms with E-state index in [1.54, 1.807) is 53.7 Å². The van der Waals surface area contributed by atoms with Crippen LogP contribution in [0.25, 0.3) is 16.7 Å². The summed E-state index contributed by atoms with van der Waals surface area (Å²) in [4.78, 5) is 50.9. The molecule has 1 aromatic heterocycles. The molecule has 2 atom stereocenters. The van der Waals surface area contributed by atoms with Crippen LogP contribution in [-0.4, -0.2) is 76.3 Å². The first-order valence-corrected chi connectivity index (χ1v) is 15.1. The highest BCUT2D eigenvalue weighted by Crippen LogP contribution is 2.39. The molecule has 3 aromatic rings. The lowest BCUT2D eigenvalue weighted by molar-refractivity contribution is -0.137. The molecule has 46 heavy (non-hydrogen) atoms. The molecule has 2 aromatic carbocycles. The van der Waals surface area contributed by atoms with Gasteiger partial charge in [-0.3, -0.25) is 14.4 Å². The Morgan fingerprint density at radius 3 is 2.52 bits per heavy atom. The summed E-state index contributed by atoms with van der Waals surface area (Å²) in [5, 5.41) is 2.90. The molecule has 0 saturated carbocycles. The molecule has 0 unspecified atom stereocenters. The van der Waals surface area contributed by atoms with E-state index in [1.807, 2.05) is 12.2 Å². The number of amides is 2. The summed E-state index contributed by atoms with van der Waals surface area (Å²) in [6.07, 6.45) is 5.80. The number of allylic oxidation sites excluding steroid dienone is 4. The van der Waals surface area contributed by atoms with Crippen molar-refractivity contribution < 1.29 is 27.9 Å². The third-order valence-corrected chi connectivity index (χ3v) is 8.73. The second-order valence-electron chi connectivity index (χ2n) is 11.3. The van der Waals surface area contributed by atoms with Gasteiger partial charge in [0.1, 0.15) is 12.2 Å². The zero-order valence-electron chi connectivity index (χ0n) is 25.1. The molecule has 3 aliphatic rings. The van der Waals surface area contributed by atoms with Crippen LogP contribution in [0.3, 0.4) is 0 Å². The number of alkyl halides is 1. The van der Waals surface area contributed by atoms with Crippen molar-refractivity contribution in [1.29, 1.82) is 0 Å². The SMILES string of the molecule is COc1ncc(C2=CC=C3C(=C(C(C)=O)CN3CC(=O)N3C[C@H](F)C[C@H]3C(=O)Nc3cccc(-c4ccccc4Cl)c3F)C2)cn1. The first kappa shape index (κ1) is 31.1. The van der Waals surface area contributed by atoms with E-state index in [0.717, 1.165) is 16.7 Å². The molecule has 6 rings (SSSR count). The molecule has 0 bridgehead atoms. The highest BCUT2D eigenvalue weighted by Gasteiger charge is 2.41. The molecule has 1 aliphatic carbocycles. The Bertz CT molecular complexity index is 1820. The number of aromatic nitrogens is 2. The van der Waals surface area contributed by atoms with Crippen molar-refractivity contribution >= 4 is 40.5 Å². The quantitative estimate of drug-likeness (QED) is 0.350. The summed E-state index contributed by atoms with van der Waals surface area (Å²) in [5.41, 5.74) is 4.31. The number of anilines is 1. The summed E-state index contributed by atoms with van der Waals surface area (Å²) in [5.74, 6) is -1.98. The van der Waals surface area contributed by atoms with Crippen molar-refractivity contribution in [2.24, 2.45) is 0 Å². The Hall–Kier alpha value is -4.90. The average Bonchev–Trinajstić information content (AvgIpc) is 3.63. The van der Waals surface area contributed by atoms with E-state index >= 15 is 4.39 Å². The van der Waals surface area contributed by atoms with Crippen LogP contribution < -0.4 is 10.1 Å². The number of carbonyl (C=O) groups excluding carboxylic acids is 3. The molecule has 1 fully saturated rings. The number of nitrogens with one attached hydrogen (secondary N) is 1. The molecule has 1 saturated heterocycles. The first-order chi connectivity index (χ1) is 22.1. The van der Waals surface area contributed by atoms with Gasteiger partial charge in [0.05, 0.1) is 25.9 Å². The number of hydrogen-bond acceptors (Lipinski definition) is 7. The topological polar surface area (TPSA) is 105 Å². The maximum Gasteiger partial charge on any atom is 0.316 e. The number of halogens is 3. The summed E-state index contributed by atoms with van der Waals surface area (Å²) in [6, 6.07) is 10.4. The van der Waals surface area contributed by atoms with E-state index in [2.05, 4.69) is 15.3 Å². The number of methoxy groups -OCH3 is 1. The Morgan fingerprint density at radius 1 is 1.07 bits per heavy atom. The molecular weight excluding hydrogens is 616 g/mol. The predicted octanol–water partition coefficient (Wildman–Crippen LogP) is 5.39. The van der Waals surface area contributed by atoms with Gasteiger partial charge in [-0.25, -0.2) is 18.7 Å². The van der Waals surface area contributed by atoms with Crippen LogP contribution in [0.4, 0.5) is 14.5 Å². The van der Waals surface area contributed by atoms with Gasteiger partial charge in [-0.1, -0.05) is 48.0 Å². The summed E-state index contributed by atoms with van der Waals surface area (Å²) in [7, 11) is 1.48. The van der Waals surface area contributed by atoms with Gasteiger partial charge < -0.3 is 19.9 Å². The summed E-state index contributed by atoms with van der Waals surface area (Å²) in [6.45, 7) is 1.24. The van der Waals surface area contributed by atoms with Crippen molar-refractivity contribution in [2.45, 2.75) is 32.0 Å². The number of rotatable bonds is 8. The van der Waals surface area contributed by atoms with Crippen molar-refractivity contribution in [3.05, 3.63) is 100 Å². The number of benzene rings is 2. The predicted molar refractivity (Wildman–Crippen MR) is 169 cm³/mol. The van der Waals surface area contributed by atoms with E-state index in [-0.39, 0.29) is 49.1 Å². The third kappa shape index (κ3) is 6.02. The minimum atomic E-state index is -1.43. The lowest BCUT2D eigenvalue weighted by Crippen LogP contribution is -2.47. The monoisotopic (exact) mass is 645 g/mol. The van der Waals surface area contributed by atoms with Gasteiger partial charge in [0.2, 0.25) is 11.8 Å². The van der Waals surface area contributed by atoms with Crippen LogP contribution in [-0.2, 0) is 14.4 Å². The smallest absolute Gasteiger partial charge is 0.316 e. The Labute approximate surface area is 269 Å². The normalized spacial score (nSPS) is 19.1. The van der Waals surface area contributed by atoms with E-state index < -0.39 is 29.8 Å². The number of likely N-dealkylation sites (tertiary alicyclic amines) is 1. The van der Waals surface area contributed by atoms with Gasteiger partial charge in [-0.05, 0) is 36.3 Å². The fourth-order valence-electron chi connectivity index (χ4n) is 6.09. The molecule has 12 heteroatoms. The molecule has 2 aliphatic heterocycles. The van der Waals surface area contributed by atoms with Gasteiger partial charge in [0.15, 0.2) is 11.6 Å². The molecule has 236 valence electrons. The second-order valence-corrected chi connectivity index (χ2v) is 11.7. The first-order valence-electron chi connectivity index (χ1n) is 14.7. The zero-order valence-corrected chi connectivity index (χ0v) is 25.9. The van der Waals surface area contributed by atoms with E-state index in [1.165, 1.54) is 25.0 Å². The van der Waals surface area contributed by atoms with Crippen molar-refractivity contribution in [3.8, 4) is 17.1 Å². The highest BCUT2D eigenvalue weighted by atomic mass is 35.5. The van der Waals surface area contributed by atoms with Crippen molar-refractivity contribution in [2.75, 3.05) is 32.1 Å². The van der Waals surface area contributed by atoms with Crippen LogP contribution in [0.15, 0.2) is 83.9 Å². The van der Waals surface area contributed by atoms with Crippen LogP contribution >= 0.6 is 11.6 Å². The van der Waals surface area contributed by atoms with E-state index in [9.17, 15) is 18.8 Å². The second kappa shape index (κ2) is 12.8. The summed E-state index contributed by atoms with van der Waals surface area (Å²) >= 11 is 6.26. The number of ketones is 1. The van der Waals surface area contributed by atoms with Crippen LogP contribution in [0.1, 0.15) is 25.3 Å². The number of fused-ring (bicyclic) bond motifs is 1. The number of carbonyl (C=O) groups is 3. The lowest BCUT2D eigenvalue weighted by Gasteiger charge is -2.28. The van der Waals surface area contributed by atoms with E-state index in [0.29, 0.717) is 28.3 Å². The van der Waals surface area contributed by atoms with Crippen molar-refractivity contribution in [3.63, 3.8) is 0 Å². The lowest BCUT2D eigenvalue weighted by atomic mass is 9.91. The molecule has 3 heterocycles. The van der Waals surface area contributed by atoms with E-state index in [4.69, 9.17) is 16.3 Å². The van der Waals surface area contributed by atoms with Crippen LogP contribution in [0.5, 0.6) is 6.01 Å². The Balaban J connectivity index is 1.19. The van der Waals surface area contributed by atoms with Gasteiger partial charge in [0, 0.05) is 64.8 Å². The van der Waals surface area contributed by atoms with Crippen molar-refractivity contribution in [1.82, 2.24) is 19.8 Å². The van der Waals surface area contributed by atoms with Gasteiger partial charge in [0.25, 0.3) is 0 Å². The minimum absolute atomic E-state index is 0.103. The van der Waals surface area contributed by atoms with Crippen LogP contribution in [0, 0.1) is 5.82 Å². The highest BCUT2D eigenvalue weighted by molar-refractivity contribution is 6.33. The molecule has 9 nitrogen and oxygen atoms in total. The molecule has 0 radical (unpaired) electrons. The molecule has 0 spiro atoms. The molecular formula is C34H30ClF2N5O4. The van der Waals surface area contributed by atoms with Gasteiger partial charge in [-0.15, -0.1) is 0 Å². The summed E-state index contributed by atoms with van der Waals surface area (Å²) < 4.78 is 35.3. The molecule has 2 amide bonds. The number of nitrogens with zero attached hydrogens (tertiary/aromatic N) is 4. The number of Topliss-reactive ketones (excluding diaryl/α,β-unsaturated/α-hetero) is 1. The molecule has 1 N–H and O–H groups in total. The number of ether oxygens (including phenoxy) is 1. The fraction of sp³-hybridized carbons (Fsp3) is 0.265. The fourth-order valence-corrected chi connectivity index (χ4v) is 6.33. The van der Waals surface area contributed by atoms with Gasteiger partial charge >= 0.3 is 6.01 Å². The number of hydrogen-bond donors (Lipinski definition) is 1. The van der Waals surface area contributed by atoms with Crippen LogP contribution in [0.2, 0.25) is 5.02 Å². The average molecular weight is 646 g/mol. The standard InChI is InChI=1S/C34H30ClF2N5O4/c1-19(43)26-17-41(29-11-10-20(12-25(26)29)21-14-38-34(46-2)39-15-21)18-31(44)42-16-22(36)13-30(42)33(45)40-28-9-5-7-24(32(28)37)23-6-3-4-8-27(23)35/h3-11,14-15,22,30H,12-13,16-18H2,1-2H3,(H,40,45)/t22-,30+/m1/s1. The Morgan fingerprint density at radius 2 is 1.80 bits per heavy atom. The largest absolute Gasteiger partial charge is 0.467 e. The zero-order chi connectivity index (χ0) is 32.5. The third-order valence-electron chi connectivity index (χ3n) is 8.40.